The zero-order valence-corrected chi connectivity index (χ0v) is 16.4. The van der Waals surface area contributed by atoms with Gasteiger partial charge in [0.25, 0.3) is 0 Å². The van der Waals surface area contributed by atoms with Crippen LogP contribution in [0.15, 0.2) is 30.3 Å². The van der Waals surface area contributed by atoms with Crippen molar-refractivity contribution in [2.45, 2.75) is 39.2 Å². The van der Waals surface area contributed by atoms with Crippen molar-refractivity contribution in [2.75, 3.05) is 32.7 Å². The summed E-state index contributed by atoms with van der Waals surface area (Å²) in [7, 11) is 0. The van der Waals surface area contributed by atoms with Gasteiger partial charge in [-0.3, -0.25) is 9.69 Å². The maximum atomic E-state index is 12.8. The Morgan fingerprint density at radius 1 is 1.30 bits per heavy atom. The number of hydrogen-bond acceptors (Lipinski definition) is 3. The van der Waals surface area contributed by atoms with Crippen molar-refractivity contribution in [3.05, 3.63) is 35.9 Å². The molecule has 6 heteroatoms. The van der Waals surface area contributed by atoms with E-state index in [0.29, 0.717) is 26.1 Å². The molecule has 0 aromatic heterocycles. The van der Waals surface area contributed by atoms with Gasteiger partial charge in [-0.2, -0.15) is 0 Å². The van der Waals surface area contributed by atoms with E-state index in [0.717, 1.165) is 25.9 Å². The maximum Gasteiger partial charge on any atom is 0.317 e. The third-order valence-electron chi connectivity index (χ3n) is 6.47. The third kappa shape index (κ3) is 3.81. The van der Waals surface area contributed by atoms with Crippen LogP contribution in [0, 0.1) is 11.3 Å². The molecular formula is C21H31N3O3. The van der Waals surface area contributed by atoms with Crippen LogP contribution in [0.1, 0.15) is 44.7 Å². The second-order valence-corrected chi connectivity index (χ2v) is 7.76. The average Bonchev–Trinajstić information content (AvgIpc) is 3.24. The standard InChI is InChI=1S/C21H31N3O3/c1-3-23(4-2)18(16-9-6-5-7-10-16)13-22-20(27)24-14-17-11-8-12-21(17,15-24)19(25)26/h5-7,9-10,17-18H,3-4,8,11-15H2,1-2H3,(H,22,27)(H,25,26)/t17-,18?,21+/m0/s1. The number of hydrogen-bond donors (Lipinski definition) is 2. The second kappa shape index (κ2) is 8.30. The van der Waals surface area contributed by atoms with Gasteiger partial charge in [-0.25, -0.2) is 4.79 Å². The molecule has 2 fully saturated rings. The lowest BCUT2D eigenvalue weighted by atomic mass is 9.81. The van der Waals surface area contributed by atoms with E-state index in [1.165, 1.54) is 5.56 Å². The van der Waals surface area contributed by atoms with Gasteiger partial charge >= 0.3 is 12.0 Å². The highest BCUT2D eigenvalue weighted by atomic mass is 16.4. The summed E-state index contributed by atoms with van der Waals surface area (Å²) in [6, 6.07) is 10.2. The van der Waals surface area contributed by atoms with Crippen LogP contribution in [0.4, 0.5) is 4.79 Å². The number of carbonyl (C=O) groups excluding carboxylic acids is 1. The minimum absolute atomic E-state index is 0.0912. The number of nitrogens with one attached hydrogen (secondary N) is 1. The van der Waals surface area contributed by atoms with Crippen LogP contribution in [0.5, 0.6) is 0 Å². The number of fused-ring (bicyclic) bond motifs is 1. The lowest BCUT2D eigenvalue weighted by Crippen LogP contribution is -2.45. The lowest BCUT2D eigenvalue weighted by molar-refractivity contribution is -0.149. The van der Waals surface area contributed by atoms with Crippen molar-refractivity contribution in [3.63, 3.8) is 0 Å². The van der Waals surface area contributed by atoms with Gasteiger partial charge in [0.2, 0.25) is 0 Å². The van der Waals surface area contributed by atoms with Gasteiger partial charge in [-0.15, -0.1) is 0 Å². The van der Waals surface area contributed by atoms with E-state index in [4.69, 9.17) is 0 Å². The molecule has 6 nitrogen and oxygen atoms in total. The molecule has 1 saturated heterocycles. The minimum atomic E-state index is -0.745. The normalized spacial score (nSPS) is 25.4. The first-order valence-electron chi connectivity index (χ1n) is 10.1. The molecule has 0 bridgehead atoms. The fourth-order valence-electron chi connectivity index (χ4n) is 4.89. The van der Waals surface area contributed by atoms with Crippen molar-refractivity contribution in [1.29, 1.82) is 0 Å². The first-order valence-corrected chi connectivity index (χ1v) is 10.1. The van der Waals surface area contributed by atoms with Gasteiger partial charge in [0.1, 0.15) is 0 Å². The average molecular weight is 373 g/mol. The third-order valence-corrected chi connectivity index (χ3v) is 6.47. The van der Waals surface area contributed by atoms with Crippen molar-refractivity contribution in [2.24, 2.45) is 11.3 Å². The van der Waals surface area contributed by atoms with Gasteiger partial charge in [0.15, 0.2) is 0 Å². The first-order chi connectivity index (χ1) is 13.0. The van der Waals surface area contributed by atoms with Gasteiger partial charge in [-0.1, -0.05) is 50.6 Å². The molecule has 0 radical (unpaired) electrons. The Hall–Kier alpha value is -2.08. The molecule has 1 aromatic rings. The summed E-state index contributed by atoms with van der Waals surface area (Å²) >= 11 is 0. The first kappa shape index (κ1) is 19.7. The SMILES string of the molecule is CCN(CC)C(CNC(=O)N1C[C@@H]2CCC[C@@]2(C(=O)O)C1)c1ccccc1. The monoisotopic (exact) mass is 373 g/mol. The molecule has 2 amide bonds. The van der Waals surface area contributed by atoms with Crippen molar-refractivity contribution < 1.29 is 14.7 Å². The second-order valence-electron chi connectivity index (χ2n) is 7.76. The summed E-state index contributed by atoms with van der Waals surface area (Å²) in [5, 5.41) is 12.8. The number of likely N-dealkylation sites (tertiary alicyclic amines) is 1. The van der Waals surface area contributed by atoms with Crippen LogP contribution in [-0.2, 0) is 4.79 Å². The number of aliphatic carboxylic acids is 1. The summed E-state index contributed by atoms with van der Waals surface area (Å²) < 4.78 is 0. The summed E-state index contributed by atoms with van der Waals surface area (Å²) in [6.45, 7) is 7.46. The van der Waals surface area contributed by atoms with E-state index in [-0.39, 0.29) is 18.0 Å². The van der Waals surface area contributed by atoms with Gasteiger partial charge < -0.3 is 15.3 Å². The number of rotatable bonds is 7. The van der Waals surface area contributed by atoms with Crippen LogP contribution >= 0.6 is 0 Å². The van der Waals surface area contributed by atoms with Crippen LogP contribution in [0.2, 0.25) is 0 Å². The number of benzene rings is 1. The quantitative estimate of drug-likeness (QED) is 0.771. The smallest absolute Gasteiger partial charge is 0.317 e. The Kier molecular flexibility index (Phi) is 6.05. The number of carboxylic acid groups (broad SMARTS) is 1. The Morgan fingerprint density at radius 2 is 2.00 bits per heavy atom. The number of carbonyl (C=O) groups is 2. The minimum Gasteiger partial charge on any atom is -0.481 e. The zero-order chi connectivity index (χ0) is 19.4. The van der Waals surface area contributed by atoms with Crippen molar-refractivity contribution in [1.82, 2.24) is 15.1 Å². The Bertz CT molecular complexity index is 662. The fourth-order valence-corrected chi connectivity index (χ4v) is 4.89. The number of likely N-dealkylation sites (N-methyl/N-ethyl adjacent to an activating group) is 1. The Morgan fingerprint density at radius 3 is 2.59 bits per heavy atom. The molecule has 27 heavy (non-hydrogen) atoms. The molecule has 2 aliphatic rings. The Labute approximate surface area is 161 Å². The van der Waals surface area contributed by atoms with E-state index < -0.39 is 11.4 Å². The molecule has 1 unspecified atom stereocenters. The molecular weight excluding hydrogens is 342 g/mol. The van der Waals surface area contributed by atoms with Gasteiger partial charge in [-0.05, 0) is 37.4 Å². The van der Waals surface area contributed by atoms with E-state index in [1.54, 1.807) is 4.90 Å². The van der Waals surface area contributed by atoms with Gasteiger partial charge in [0, 0.05) is 19.6 Å². The van der Waals surface area contributed by atoms with E-state index in [2.05, 4.69) is 36.2 Å². The molecule has 1 saturated carbocycles. The Balaban J connectivity index is 1.66. The summed E-state index contributed by atoms with van der Waals surface area (Å²) in [4.78, 5) is 28.6. The molecule has 1 aliphatic heterocycles. The fraction of sp³-hybridized carbons (Fsp3) is 0.619. The highest BCUT2D eigenvalue weighted by molar-refractivity contribution is 5.80. The van der Waals surface area contributed by atoms with Crippen LogP contribution < -0.4 is 5.32 Å². The van der Waals surface area contributed by atoms with E-state index in [9.17, 15) is 14.7 Å². The topological polar surface area (TPSA) is 72.9 Å². The van der Waals surface area contributed by atoms with Crippen LogP contribution in [0.3, 0.4) is 0 Å². The molecule has 148 valence electrons. The lowest BCUT2D eigenvalue weighted by Gasteiger charge is -2.31. The molecule has 3 rings (SSSR count). The van der Waals surface area contributed by atoms with E-state index in [1.807, 2.05) is 18.2 Å². The predicted molar refractivity (Wildman–Crippen MR) is 104 cm³/mol. The molecule has 2 N–H and O–H groups in total. The molecule has 3 atom stereocenters. The number of nitrogens with zero attached hydrogens (tertiary/aromatic N) is 2. The van der Waals surface area contributed by atoms with Crippen LogP contribution in [0.25, 0.3) is 0 Å². The predicted octanol–water partition coefficient (Wildman–Crippen LogP) is 2.97. The molecule has 0 spiro atoms. The molecule has 1 aliphatic carbocycles. The number of amides is 2. The zero-order valence-electron chi connectivity index (χ0n) is 16.4. The van der Waals surface area contributed by atoms with E-state index >= 15 is 0 Å². The number of urea groups is 1. The summed E-state index contributed by atoms with van der Waals surface area (Å²) in [6.07, 6.45) is 2.54. The summed E-state index contributed by atoms with van der Waals surface area (Å²) in [5.74, 6) is -0.654. The summed E-state index contributed by atoms with van der Waals surface area (Å²) in [5.41, 5.74) is 0.455. The van der Waals surface area contributed by atoms with Crippen molar-refractivity contribution >= 4 is 12.0 Å². The van der Waals surface area contributed by atoms with Crippen molar-refractivity contribution in [3.8, 4) is 0 Å². The largest absolute Gasteiger partial charge is 0.481 e. The highest BCUT2D eigenvalue weighted by Crippen LogP contribution is 2.48. The van der Waals surface area contributed by atoms with Gasteiger partial charge in [0.05, 0.1) is 11.5 Å². The maximum absolute atomic E-state index is 12.8. The number of carboxylic acids is 1. The molecule has 1 aromatic carbocycles. The molecule has 1 heterocycles. The highest BCUT2D eigenvalue weighted by Gasteiger charge is 2.55. The van der Waals surface area contributed by atoms with Crippen LogP contribution in [-0.4, -0.2) is 59.6 Å².